The third-order valence-corrected chi connectivity index (χ3v) is 13.1. The van der Waals surface area contributed by atoms with Crippen LogP contribution in [-0.4, -0.2) is 75.8 Å². The van der Waals surface area contributed by atoms with Gasteiger partial charge in [-0.3, -0.25) is 9.59 Å². The number of nitrogens with zero attached hydrogens (tertiary/aromatic N) is 1. The highest BCUT2D eigenvalue weighted by Gasteiger charge is 2.49. The normalized spacial score (nSPS) is 15.2. The zero-order chi connectivity index (χ0) is 42.6. The predicted octanol–water partition coefficient (Wildman–Crippen LogP) is 8.75. The van der Waals surface area contributed by atoms with Crippen LogP contribution in [0.25, 0.3) is 0 Å². The van der Waals surface area contributed by atoms with Crippen molar-refractivity contribution in [2.75, 3.05) is 38.0 Å². The fourth-order valence-corrected chi connectivity index (χ4v) is 10.2. The molecule has 0 saturated carbocycles. The minimum atomic E-state index is -0.832. The summed E-state index contributed by atoms with van der Waals surface area (Å²) in [7, 11) is 0.608. The second kappa shape index (κ2) is 24.4. The van der Waals surface area contributed by atoms with Crippen molar-refractivity contribution < 1.29 is 23.2 Å². The van der Waals surface area contributed by atoms with Gasteiger partial charge in [0, 0.05) is 24.4 Å². The second-order valence-electron chi connectivity index (χ2n) is 16.5. The summed E-state index contributed by atoms with van der Waals surface area (Å²) in [5.74, 6) is 0.543. The number of nitrogens with two attached hydrogens (primary N) is 1. The lowest BCUT2D eigenvalue weighted by Crippen LogP contribution is -2.49. The molecule has 4 N–H and O–H groups in total. The number of unbranched alkanes of at least 4 members (excludes halogenated alkanes) is 6. The van der Waals surface area contributed by atoms with Gasteiger partial charge in [0.2, 0.25) is 31.8 Å². The summed E-state index contributed by atoms with van der Waals surface area (Å²) in [6.45, 7) is 13.5. The molecule has 1 heterocycles. The van der Waals surface area contributed by atoms with Crippen molar-refractivity contribution in [1.29, 1.82) is 0 Å². The molecule has 320 valence electrons. The smallest absolute Gasteiger partial charge is 0.232 e. The highest BCUT2D eigenvalue weighted by atomic mass is 28.2. The highest BCUT2D eigenvalue weighted by Crippen LogP contribution is 2.44. The van der Waals surface area contributed by atoms with Gasteiger partial charge < -0.3 is 34.9 Å². The molecule has 1 saturated heterocycles. The molecule has 0 aromatic heterocycles. The van der Waals surface area contributed by atoms with Crippen molar-refractivity contribution in [2.45, 2.75) is 103 Å². The van der Waals surface area contributed by atoms with Crippen LogP contribution in [0.3, 0.4) is 0 Å². The molecule has 60 heavy (non-hydrogen) atoms. The topological polar surface area (TPSA) is 115 Å². The van der Waals surface area contributed by atoms with E-state index in [-0.39, 0.29) is 29.4 Å². The third kappa shape index (κ3) is 12.5. The van der Waals surface area contributed by atoms with E-state index in [2.05, 4.69) is 59.7 Å². The third-order valence-electron chi connectivity index (χ3n) is 12.2. The zero-order valence-electron chi connectivity index (χ0n) is 36.2. The lowest BCUT2D eigenvalue weighted by molar-refractivity contribution is -0.123. The van der Waals surface area contributed by atoms with Gasteiger partial charge in [-0.15, -0.1) is 0 Å². The number of rotatable bonds is 28. The van der Waals surface area contributed by atoms with Crippen LogP contribution >= 0.6 is 0 Å². The van der Waals surface area contributed by atoms with Crippen molar-refractivity contribution in [2.24, 2.45) is 17.1 Å². The number of ether oxygens (including phenoxy) is 1. The van der Waals surface area contributed by atoms with E-state index in [1.807, 2.05) is 92.0 Å². The number of likely N-dealkylation sites (tertiary alicyclic amines) is 1. The van der Waals surface area contributed by atoms with E-state index in [0.717, 1.165) is 67.8 Å². The first-order valence-electron chi connectivity index (χ1n) is 21.7. The molecule has 2 amide bonds. The SMILES string of the molecule is C[Si]OC(O[Si]C)C(C)(C)[C@H](CNCCCCCCCCCN1CCC(C(C(N)=O)(c2ccccc2)c2ccccc2)C1)c1ccc(OCc2ccccc2)c(NC=O)c1. The minimum absolute atomic E-state index is 0.0420. The van der Waals surface area contributed by atoms with Gasteiger partial charge in [0.05, 0.1) is 5.69 Å². The summed E-state index contributed by atoms with van der Waals surface area (Å²) in [6.07, 6.45) is 9.67. The molecule has 1 aliphatic rings. The first kappa shape index (κ1) is 47.0. The van der Waals surface area contributed by atoms with Crippen LogP contribution in [0.1, 0.15) is 93.4 Å². The van der Waals surface area contributed by atoms with Gasteiger partial charge in [0.15, 0.2) is 0 Å². The van der Waals surface area contributed by atoms with Crippen LogP contribution in [-0.2, 0) is 30.5 Å². The summed E-state index contributed by atoms with van der Waals surface area (Å²) in [6, 6.07) is 36.4. The highest BCUT2D eigenvalue weighted by molar-refractivity contribution is 6.26. The standard InChI is InChI=1S/C49H66N4O5Si2/c1-48(2,47(57-59-3)58-60-4)43(39-27-28-45(44(33-39)52-37-54)56-36-38-21-13-10-14-22-38)34-51-30-19-8-6-5-7-9-20-31-53-32-29-42(35-53)49(46(50)55,40-23-15-11-16-24-40)41-25-17-12-18-26-41/h10-18,21-28,33,37,42-43,47,51H,5-9,19-20,29-32,34-36H2,1-4H3,(H2,50,55)(H,52,54)/t42?,43-/m1/s1. The van der Waals surface area contributed by atoms with E-state index in [4.69, 9.17) is 19.3 Å². The Kier molecular flexibility index (Phi) is 19.1. The largest absolute Gasteiger partial charge is 0.487 e. The molecule has 1 aliphatic heterocycles. The van der Waals surface area contributed by atoms with E-state index in [1.165, 1.54) is 38.5 Å². The monoisotopic (exact) mass is 846 g/mol. The van der Waals surface area contributed by atoms with Gasteiger partial charge in [0.25, 0.3) is 0 Å². The molecule has 1 unspecified atom stereocenters. The van der Waals surface area contributed by atoms with E-state index in [9.17, 15) is 9.59 Å². The summed E-state index contributed by atoms with van der Waals surface area (Å²) >= 11 is 0. The van der Waals surface area contributed by atoms with Gasteiger partial charge in [-0.1, -0.05) is 143 Å². The Balaban J connectivity index is 1.07. The van der Waals surface area contributed by atoms with E-state index in [0.29, 0.717) is 44.0 Å². The van der Waals surface area contributed by atoms with E-state index in [1.54, 1.807) is 0 Å². The molecule has 2 atom stereocenters. The maximum Gasteiger partial charge on any atom is 0.232 e. The predicted molar refractivity (Wildman–Crippen MR) is 245 cm³/mol. The summed E-state index contributed by atoms with van der Waals surface area (Å²) in [5.41, 5.74) is 9.88. The number of amides is 2. The van der Waals surface area contributed by atoms with Gasteiger partial charge in [0.1, 0.15) is 24.1 Å². The first-order valence-corrected chi connectivity index (χ1v) is 24.6. The Labute approximate surface area is 364 Å². The Morgan fingerprint density at radius 3 is 2.00 bits per heavy atom. The Morgan fingerprint density at radius 2 is 1.42 bits per heavy atom. The van der Waals surface area contributed by atoms with E-state index < -0.39 is 5.41 Å². The zero-order valence-corrected chi connectivity index (χ0v) is 38.2. The van der Waals surface area contributed by atoms with Gasteiger partial charge >= 0.3 is 0 Å². The Bertz CT molecular complexity index is 1810. The number of primary amides is 1. The summed E-state index contributed by atoms with van der Waals surface area (Å²) < 4.78 is 18.6. The average molecular weight is 847 g/mol. The number of hydrogen-bond acceptors (Lipinski definition) is 7. The first-order chi connectivity index (χ1) is 29.2. The van der Waals surface area contributed by atoms with Crippen LogP contribution in [0.15, 0.2) is 109 Å². The molecule has 4 aromatic carbocycles. The molecule has 0 spiro atoms. The fraction of sp³-hybridized carbons (Fsp3) is 0.469. The molecular formula is C49H66N4O5Si2. The van der Waals surface area contributed by atoms with Gasteiger partial charge in [-0.25, -0.2) is 0 Å². The molecule has 9 nitrogen and oxygen atoms in total. The van der Waals surface area contributed by atoms with Crippen molar-refractivity contribution in [3.05, 3.63) is 131 Å². The van der Waals surface area contributed by atoms with Crippen molar-refractivity contribution >= 4 is 37.5 Å². The van der Waals surface area contributed by atoms with Crippen molar-refractivity contribution in [3.8, 4) is 5.75 Å². The van der Waals surface area contributed by atoms with Gasteiger partial charge in [-0.2, -0.15) is 0 Å². The summed E-state index contributed by atoms with van der Waals surface area (Å²) in [4.78, 5) is 27.7. The average Bonchev–Trinajstić information content (AvgIpc) is 3.73. The number of carbonyl (C=O) groups is 2. The van der Waals surface area contributed by atoms with Crippen molar-refractivity contribution in [1.82, 2.24) is 10.2 Å². The number of nitrogens with one attached hydrogen (secondary N) is 2. The van der Waals surface area contributed by atoms with Gasteiger partial charge in [-0.05, 0) is 92.3 Å². The van der Waals surface area contributed by atoms with Crippen molar-refractivity contribution in [3.63, 3.8) is 0 Å². The number of anilines is 1. The fourth-order valence-electron chi connectivity index (χ4n) is 8.95. The summed E-state index contributed by atoms with van der Waals surface area (Å²) in [5, 5.41) is 6.64. The van der Waals surface area contributed by atoms with E-state index >= 15 is 0 Å². The number of hydrogen-bond donors (Lipinski definition) is 3. The van der Waals surface area contributed by atoms with Crippen LogP contribution < -0.4 is 21.1 Å². The molecule has 5 rings (SSSR count). The molecule has 1 fully saturated rings. The van der Waals surface area contributed by atoms with Crippen LogP contribution in [0, 0.1) is 11.3 Å². The quantitative estimate of drug-likeness (QED) is 0.0227. The lowest BCUT2D eigenvalue weighted by atomic mass is 9.64. The molecule has 11 heteroatoms. The molecular weight excluding hydrogens is 781 g/mol. The Hall–Kier alpha value is -4.11. The number of benzene rings is 4. The lowest BCUT2D eigenvalue weighted by Gasteiger charge is -2.41. The maximum atomic E-state index is 13.4. The van der Waals surface area contributed by atoms with Crippen LogP contribution in [0.2, 0.25) is 13.1 Å². The van der Waals surface area contributed by atoms with Crippen LogP contribution in [0.4, 0.5) is 5.69 Å². The number of carbonyl (C=O) groups excluding carboxylic acids is 2. The molecule has 4 aromatic rings. The molecule has 0 bridgehead atoms. The second-order valence-corrected chi connectivity index (χ2v) is 17.8. The molecule has 4 radical (unpaired) electrons. The Morgan fingerprint density at radius 1 is 0.833 bits per heavy atom. The van der Waals surface area contributed by atoms with Crippen LogP contribution in [0.5, 0.6) is 5.75 Å². The molecule has 0 aliphatic carbocycles. The minimum Gasteiger partial charge on any atom is -0.487 e. The maximum absolute atomic E-state index is 13.4.